The van der Waals surface area contributed by atoms with E-state index < -0.39 is 60.7 Å². The third-order valence-electron chi connectivity index (χ3n) is 10.6. The van der Waals surface area contributed by atoms with Gasteiger partial charge in [-0.1, -0.05) is 53.5 Å². The van der Waals surface area contributed by atoms with Crippen molar-refractivity contribution >= 4 is 47.0 Å². The second kappa shape index (κ2) is 20.8. The molecule has 1 saturated carbocycles. The Morgan fingerprint density at radius 1 is 0.906 bits per heavy atom. The van der Waals surface area contributed by atoms with Crippen LogP contribution >= 0.6 is 23.2 Å². The number of halogens is 8. The number of carbonyl (C=O) groups excluding carboxylic acids is 3. The lowest BCUT2D eigenvalue weighted by Gasteiger charge is -2.44. The average Bonchev–Trinajstić information content (AvgIpc) is 4.08. The smallest absolute Gasteiger partial charge is 0.490 e. The maximum atomic E-state index is 15.1. The highest BCUT2D eigenvalue weighted by molar-refractivity contribution is 6.35. The number of rotatable bonds is 15. The largest absolute Gasteiger partial charge is 0.619 e. The highest BCUT2D eigenvalue weighted by Crippen LogP contribution is 2.38. The van der Waals surface area contributed by atoms with Crippen molar-refractivity contribution in [3.8, 4) is 11.5 Å². The van der Waals surface area contributed by atoms with E-state index in [1.165, 1.54) is 60.7 Å². The number of hydrogen-bond acceptors (Lipinski definition) is 10. The standard InChI is InChI=1S/C41H38Cl2F3N3O8.C2HF3O2/c42-30-19-49(53)20-31(43)29(30)18-34(25-10-11-33(57-41(45)46)35(17-25)54-22-23-8-9-23)55-39(51)27-5-3-4-26(16-27)38(50)47-37(28-6-1-2-7-32(28)44)40(52)56-36-21-48-14-12-24(36)13-15-48;3-2(4,5)1(6)7/h1-7,10-11,16-17,19-20,23-24,34,36-37,41H,8-9,12-15,18,21-22H2,(H,47,50);(H,6,7)/t34-,36-,37?;/m0./s1. The summed E-state index contributed by atoms with van der Waals surface area (Å²) >= 11 is 12.8. The molecule has 2 N–H and O–H groups in total. The molecule has 1 unspecified atom stereocenters. The molecule has 0 radical (unpaired) electrons. The van der Waals surface area contributed by atoms with Gasteiger partial charge in [0.15, 0.2) is 29.9 Å². The Morgan fingerprint density at radius 2 is 1.56 bits per heavy atom. The molecular formula is C43H39Cl2F6N3O10. The summed E-state index contributed by atoms with van der Waals surface area (Å²) < 4.78 is 96.2. The van der Waals surface area contributed by atoms with E-state index in [9.17, 15) is 41.5 Å². The molecule has 3 saturated heterocycles. The van der Waals surface area contributed by atoms with Crippen molar-refractivity contribution < 1.29 is 74.3 Å². The van der Waals surface area contributed by atoms with Crippen LogP contribution in [0.3, 0.4) is 0 Å². The zero-order valence-corrected chi connectivity index (χ0v) is 34.9. The molecule has 342 valence electrons. The topological polar surface area (TPSA) is 168 Å². The number of piperidine rings is 3. The van der Waals surface area contributed by atoms with Crippen molar-refractivity contribution in [1.29, 1.82) is 0 Å². The average molecular weight is 943 g/mol. The van der Waals surface area contributed by atoms with Gasteiger partial charge in [0, 0.05) is 29.7 Å². The second-order valence-electron chi connectivity index (χ2n) is 15.2. The van der Waals surface area contributed by atoms with Crippen LogP contribution < -0.4 is 19.5 Å². The molecule has 1 aromatic heterocycles. The van der Waals surface area contributed by atoms with Crippen LogP contribution in [0.2, 0.25) is 10.0 Å². The van der Waals surface area contributed by atoms with Crippen LogP contribution in [0.25, 0.3) is 0 Å². The second-order valence-corrected chi connectivity index (χ2v) is 16.0. The Labute approximate surface area is 371 Å². The number of esters is 2. The van der Waals surface area contributed by atoms with E-state index in [0.717, 1.165) is 51.2 Å². The molecule has 13 nitrogen and oxygen atoms in total. The molecule has 3 aliphatic heterocycles. The minimum absolute atomic E-state index is 0.00138. The minimum atomic E-state index is -5.08. The first kappa shape index (κ1) is 47.7. The Bertz CT molecular complexity index is 2320. The quantitative estimate of drug-likeness (QED) is 0.0513. The SMILES string of the molecule is O=C(NC(C(=O)O[C@H]1CN2CCC1CC2)c1ccccc1F)c1cccc(C(=O)O[C@@H](Cc2c(Cl)c[n+]([O-])cc2Cl)c2ccc(OC(F)F)c(OCC3CC3)c2)c1.O=C(O)C(F)(F)F. The molecule has 4 aromatic rings. The number of ether oxygens (including phenoxy) is 4. The lowest BCUT2D eigenvalue weighted by Crippen LogP contribution is -2.52. The summed E-state index contributed by atoms with van der Waals surface area (Å²) in [4.78, 5) is 52.3. The zero-order chi connectivity index (χ0) is 46.3. The fourth-order valence-corrected chi connectivity index (χ4v) is 7.69. The molecule has 3 atom stereocenters. The number of hydrogen-bond donors (Lipinski definition) is 2. The maximum absolute atomic E-state index is 15.1. The van der Waals surface area contributed by atoms with E-state index in [4.69, 9.17) is 47.3 Å². The molecule has 2 bridgehead atoms. The van der Waals surface area contributed by atoms with Crippen LogP contribution in [0.4, 0.5) is 26.3 Å². The van der Waals surface area contributed by atoms with Crippen molar-refractivity contribution in [2.75, 3.05) is 26.2 Å². The first-order valence-corrected chi connectivity index (χ1v) is 20.5. The van der Waals surface area contributed by atoms with Gasteiger partial charge in [-0.2, -0.15) is 26.7 Å². The number of carbonyl (C=O) groups is 4. The summed E-state index contributed by atoms with van der Waals surface area (Å²) in [5, 5.41) is 21.7. The number of carboxylic acid groups (broad SMARTS) is 1. The third-order valence-corrected chi connectivity index (χ3v) is 11.3. The molecule has 4 heterocycles. The van der Waals surface area contributed by atoms with Crippen molar-refractivity contribution in [1.82, 2.24) is 10.2 Å². The van der Waals surface area contributed by atoms with Gasteiger partial charge < -0.3 is 34.6 Å². The van der Waals surface area contributed by atoms with Crippen LogP contribution in [0.15, 0.2) is 79.1 Å². The number of benzene rings is 3. The van der Waals surface area contributed by atoms with Gasteiger partial charge in [0.25, 0.3) is 5.91 Å². The highest BCUT2D eigenvalue weighted by atomic mass is 35.5. The molecule has 4 fully saturated rings. The molecule has 64 heavy (non-hydrogen) atoms. The Morgan fingerprint density at radius 3 is 2.16 bits per heavy atom. The van der Waals surface area contributed by atoms with Gasteiger partial charge in [-0.15, -0.1) is 0 Å². The van der Waals surface area contributed by atoms with Gasteiger partial charge in [0.05, 0.1) is 12.2 Å². The summed E-state index contributed by atoms with van der Waals surface area (Å²) in [6.07, 6.45) is -1.05. The van der Waals surface area contributed by atoms with Crippen LogP contribution in [-0.4, -0.2) is 79.0 Å². The minimum Gasteiger partial charge on any atom is -0.619 e. The van der Waals surface area contributed by atoms with Crippen molar-refractivity contribution in [3.63, 3.8) is 0 Å². The molecule has 3 aromatic carbocycles. The zero-order valence-electron chi connectivity index (χ0n) is 33.4. The van der Waals surface area contributed by atoms with Crippen LogP contribution in [0.5, 0.6) is 11.5 Å². The van der Waals surface area contributed by atoms with Crippen LogP contribution in [-0.2, 0) is 25.5 Å². The number of aromatic nitrogens is 1. The fraction of sp³-hybridized carbons (Fsp3) is 0.372. The Hall–Kier alpha value is -5.79. The third kappa shape index (κ3) is 12.7. The summed E-state index contributed by atoms with van der Waals surface area (Å²) in [6.45, 7) is -0.477. The lowest BCUT2D eigenvalue weighted by atomic mass is 9.86. The first-order valence-electron chi connectivity index (χ1n) is 19.7. The van der Waals surface area contributed by atoms with Crippen molar-refractivity contribution in [2.24, 2.45) is 11.8 Å². The number of carboxylic acids is 1. The van der Waals surface area contributed by atoms with E-state index >= 15 is 4.39 Å². The molecule has 8 rings (SSSR count). The lowest BCUT2D eigenvalue weighted by molar-refractivity contribution is -0.605. The number of nitrogens with zero attached hydrogens (tertiary/aromatic N) is 2. The molecule has 4 aliphatic rings. The molecule has 1 amide bonds. The normalized spacial score (nSPS) is 18.8. The van der Waals surface area contributed by atoms with Gasteiger partial charge in [0.2, 0.25) is 0 Å². The molecule has 1 aliphatic carbocycles. The number of nitrogens with one attached hydrogen (secondary N) is 1. The van der Waals surface area contributed by atoms with Crippen molar-refractivity contribution in [3.05, 3.63) is 128 Å². The highest BCUT2D eigenvalue weighted by Gasteiger charge is 2.40. The van der Waals surface area contributed by atoms with E-state index in [1.54, 1.807) is 6.07 Å². The molecular weight excluding hydrogens is 903 g/mol. The molecule has 21 heteroatoms. The fourth-order valence-electron chi connectivity index (χ4n) is 7.10. The van der Waals surface area contributed by atoms with Gasteiger partial charge in [-0.25, -0.2) is 18.8 Å². The summed E-state index contributed by atoms with van der Waals surface area (Å²) in [5.41, 5.74) is 0.354. The molecule has 0 spiro atoms. The van der Waals surface area contributed by atoms with E-state index in [0.29, 0.717) is 16.8 Å². The van der Waals surface area contributed by atoms with E-state index in [1.807, 2.05) is 0 Å². The number of aliphatic carboxylic acids is 1. The van der Waals surface area contributed by atoms with Gasteiger partial charge in [-0.3, -0.25) is 9.69 Å². The summed E-state index contributed by atoms with van der Waals surface area (Å²) in [6, 6.07) is 13.7. The van der Waals surface area contributed by atoms with Gasteiger partial charge in [0.1, 0.15) is 28.1 Å². The monoisotopic (exact) mass is 941 g/mol. The van der Waals surface area contributed by atoms with Crippen molar-refractivity contribution in [2.45, 2.75) is 63.1 Å². The Balaban J connectivity index is 0.000000898. The predicted octanol–water partition coefficient (Wildman–Crippen LogP) is 8.04. The first-order chi connectivity index (χ1) is 30.4. The van der Waals surface area contributed by atoms with E-state index in [2.05, 4.69) is 15.0 Å². The maximum Gasteiger partial charge on any atom is 0.490 e. The van der Waals surface area contributed by atoms with Crippen LogP contribution in [0.1, 0.15) is 75.2 Å². The number of alkyl halides is 5. The van der Waals surface area contributed by atoms with Crippen LogP contribution in [0, 0.1) is 22.9 Å². The number of pyridine rings is 1. The van der Waals surface area contributed by atoms with E-state index in [-0.39, 0.29) is 68.7 Å². The van der Waals surface area contributed by atoms with Gasteiger partial charge >= 0.3 is 30.7 Å². The summed E-state index contributed by atoms with van der Waals surface area (Å²) in [5.74, 6) is -5.75. The number of amides is 1. The summed E-state index contributed by atoms with van der Waals surface area (Å²) in [7, 11) is 0. The Kier molecular flexibility index (Phi) is 15.5. The van der Waals surface area contributed by atoms with Gasteiger partial charge in [-0.05, 0) is 92.6 Å². The number of fused-ring (bicyclic) bond motifs is 3. The predicted molar refractivity (Wildman–Crippen MR) is 214 cm³/mol.